The van der Waals surface area contributed by atoms with Crippen molar-refractivity contribution in [1.82, 2.24) is 5.32 Å². The Kier molecular flexibility index (Phi) is 49.4. The number of unbranched alkanes of at least 4 members (excludes halogenated alkanes) is 30. The summed E-state index contributed by atoms with van der Waals surface area (Å²) < 4.78 is 0. The average Bonchev–Trinajstić information content (AvgIpc) is 3.29. The average molecular weight is 884 g/mol. The molecule has 5 N–H and O–H groups in total. The number of carbonyl (C=O) groups is 1. The molecule has 0 aromatic rings. The first-order valence-corrected chi connectivity index (χ1v) is 27.2. The fourth-order valence-corrected chi connectivity index (χ4v) is 8.11. The molecule has 6 heteroatoms. The van der Waals surface area contributed by atoms with Gasteiger partial charge in [0.2, 0.25) is 5.91 Å². The van der Waals surface area contributed by atoms with Crippen LogP contribution in [0.15, 0.2) is 60.8 Å². The van der Waals surface area contributed by atoms with E-state index in [0.29, 0.717) is 19.3 Å². The SMILES string of the molecule is CCCCCCCCCCC/C=C\C/C=C\CCCCCCCCCCC(O)C(=O)NC(CO)C(O)C(O)CCC/C=C/CC/C=C/CC/C=C/CCCCCCCCCCCC. The number of hydrogen-bond acceptors (Lipinski definition) is 5. The van der Waals surface area contributed by atoms with E-state index in [1.165, 1.54) is 167 Å². The Morgan fingerprint density at radius 3 is 1.10 bits per heavy atom. The molecule has 0 saturated heterocycles. The molecule has 0 aliphatic carbocycles. The number of aliphatic hydroxyl groups is 4. The molecule has 4 atom stereocenters. The van der Waals surface area contributed by atoms with Gasteiger partial charge in [-0.3, -0.25) is 4.79 Å². The lowest BCUT2D eigenvalue weighted by atomic mass is 10.00. The standard InChI is InChI=1S/C57H105NO5/c1-3-5-7-9-11-13-15-17-19-21-23-25-27-29-31-33-35-37-39-41-43-45-47-49-51-55(61)57(63)58-53(52-59)56(62)54(60)50-48-46-44-42-40-38-36-34-32-30-28-26-24-22-20-18-16-14-12-10-8-6-4-2/h23,25-26,28-29,31,34,36,42,44,53-56,59-62H,3-22,24,27,30,32-33,35,37-41,43,45-52H2,1-2H3,(H,58,63)/b25-23-,28-26+,31-29-,36-34+,44-42+. The highest BCUT2D eigenvalue weighted by Gasteiger charge is 2.28. The molecule has 0 bridgehead atoms. The quantitative estimate of drug-likeness (QED) is 0.0309. The van der Waals surface area contributed by atoms with Crippen molar-refractivity contribution in [2.24, 2.45) is 0 Å². The van der Waals surface area contributed by atoms with Crippen molar-refractivity contribution in [3.8, 4) is 0 Å². The molecule has 4 unspecified atom stereocenters. The van der Waals surface area contributed by atoms with Gasteiger partial charge in [0.1, 0.15) is 12.2 Å². The van der Waals surface area contributed by atoms with E-state index in [1.54, 1.807) is 0 Å². The topological polar surface area (TPSA) is 110 Å². The summed E-state index contributed by atoms with van der Waals surface area (Å²) in [6, 6.07) is -1.02. The van der Waals surface area contributed by atoms with Crippen LogP contribution in [0.3, 0.4) is 0 Å². The molecule has 1 amide bonds. The maximum atomic E-state index is 12.6. The maximum absolute atomic E-state index is 12.6. The van der Waals surface area contributed by atoms with Gasteiger partial charge in [-0.1, -0.05) is 229 Å². The molecule has 0 saturated carbocycles. The summed E-state index contributed by atoms with van der Waals surface area (Å²) in [7, 11) is 0. The van der Waals surface area contributed by atoms with Crippen molar-refractivity contribution in [3.05, 3.63) is 60.8 Å². The zero-order valence-electron chi connectivity index (χ0n) is 41.6. The van der Waals surface area contributed by atoms with Gasteiger partial charge in [0, 0.05) is 0 Å². The van der Waals surface area contributed by atoms with Crippen LogP contribution in [0.2, 0.25) is 0 Å². The lowest BCUT2D eigenvalue weighted by Gasteiger charge is -2.27. The third-order valence-electron chi connectivity index (χ3n) is 12.4. The number of amides is 1. The largest absolute Gasteiger partial charge is 0.394 e. The summed E-state index contributed by atoms with van der Waals surface area (Å²) in [5, 5.41) is 43.9. The van der Waals surface area contributed by atoms with Gasteiger partial charge >= 0.3 is 0 Å². The lowest BCUT2D eigenvalue weighted by Crippen LogP contribution is -2.53. The minimum Gasteiger partial charge on any atom is -0.394 e. The fourth-order valence-electron chi connectivity index (χ4n) is 8.11. The van der Waals surface area contributed by atoms with Gasteiger partial charge in [-0.05, 0) is 96.3 Å². The number of allylic oxidation sites excluding steroid dienone is 10. The van der Waals surface area contributed by atoms with Gasteiger partial charge in [0.15, 0.2) is 0 Å². The van der Waals surface area contributed by atoms with E-state index < -0.39 is 36.9 Å². The smallest absolute Gasteiger partial charge is 0.249 e. The first kappa shape index (κ1) is 61.0. The van der Waals surface area contributed by atoms with Crippen molar-refractivity contribution in [2.75, 3.05) is 6.61 Å². The van der Waals surface area contributed by atoms with Crippen LogP contribution in [0.5, 0.6) is 0 Å². The first-order chi connectivity index (χ1) is 31.0. The lowest BCUT2D eigenvalue weighted by molar-refractivity contribution is -0.132. The summed E-state index contributed by atoms with van der Waals surface area (Å²) in [6.07, 6.45) is 65.6. The fraction of sp³-hybridized carbons (Fsp3) is 0.807. The van der Waals surface area contributed by atoms with E-state index in [-0.39, 0.29) is 0 Å². The Bertz CT molecular complexity index is 1080. The minimum absolute atomic E-state index is 0.350. The predicted octanol–water partition coefficient (Wildman–Crippen LogP) is 15.6. The van der Waals surface area contributed by atoms with E-state index in [9.17, 15) is 25.2 Å². The Hall–Kier alpha value is -1.99. The second kappa shape index (κ2) is 51.0. The van der Waals surface area contributed by atoms with Gasteiger partial charge in [-0.25, -0.2) is 0 Å². The van der Waals surface area contributed by atoms with E-state index in [1.807, 2.05) is 0 Å². The van der Waals surface area contributed by atoms with Gasteiger partial charge in [-0.15, -0.1) is 0 Å². The molecule has 0 spiro atoms. The first-order valence-electron chi connectivity index (χ1n) is 27.2. The normalized spacial score (nSPS) is 14.3. The van der Waals surface area contributed by atoms with Crippen molar-refractivity contribution in [3.63, 3.8) is 0 Å². The number of carbonyl (C=O) groups excluding carboxylic acids is 1. The molecule has 0 aliphatic rings. The van der Waals surface area contributed by atoms with Crippen molar-refractivity contribution in [2.45, 2.75) is 289 Å². The van der Waals surface area contributed by atoms with Crippen LogP contribution in [0.4, 0.5) is 0 Å². The van der Waals surface area contributed by atoms with Gasteiger partial charge in [0.05, 0.1) is 18.8 Å². The number of rotatable bonds is 49. The molecular weight excluding hydrogens is 779 g/mol. The van der Waals surface area contributed by atoms with Crippen LogP contribution in [-0.4, -0.2) is 57.3 Å². The molecule has 0 aliphatic heterocycles. The van der Waals surface area contributed by atoms with Crippen LogP contribution in [0.25, 0.3) is 0 Å². The Morgan fingerprint density at radius 2 is 0.714 bits per heavy atom. The van der Waals surface area contributed by atoms with E-state index >= 15 is 0 Å². The maximum Gasteiger partial charge on any atom is 0.249 e. The predicted molar refractivity (Wildman–Crippen MR) is 274 cm³/mol. The van der Waals surface area contributed by atoms with Crippen LogP contribution >= 0.6 is 0 Å². The third-order valence-corrected chi connectivity index (χ3v) is 12.4. The highest BCUT2D eigenvalue weighted by atomic mass is 16.3. The Labute approximate surface area is 391 Å². The Morgan fingerprint density at radius 1 is 0.397 bits per heavy atom. The molecule has 0 fully saturated rings. The van der Waals surface area contributed by atoms with Gasteiger partial charge in [0.25, 0.3) is 0 Å². The zero-order chi connectivity index (χ0) is 45.9. The van der Waals surface area contributed by atoms with Crippen LogP contribution in [0, 0.1) is 0 Å². The number of nitrogens with one attached hydrogen (secondary N) is 1. The molecule has 0 heterocycles. The molecule has 0 rings (SSSR count). The van der Waals surface area contributed by atoms with Gasteiger partial charge in [-0.2, -0.15) is 0 Å². The molecule has 63 heavy (non-hydrogen) atoms. The number of aliphatic hydroxyl groups excluding tert-OH is 4. The summed E-state index contributed by atoms with van der Waals surface area (Å²) >= 11 is 0. The third kappa shape index (κ3) is 45.0. The van der Waals surface area contributed by atoms with Crippen LogP contribution in [-0.2, 0) is 4.79 Å². The summed E-state index contributed by atoms with van der Waals surface area (Å²) in [5.74, 6) is -0.604. The van der Waals surface area contributed by atoms with E-state index in [4.69, 9.17) is 0 Å². The molecule has 0 radical (unpaired) electrons. The van der Waals surface area contributed by atoms with Crippen molar-refractivity contribution >= 4 is 5.91 Å². The van der Waals surface area contributed by atoms with Crippen molar-refractivity contribution < 1.29 is 25.2 Å². The second-order valence-corrected chi connectivity index (χ2v) is 18.5. The summed E-state index contributed by atoms with van der Waals surface area (Å²) in [5.41, 5.74) is 0. The summed E-state index contributed by atoms with van der Waals surface area (Å²) in [6.45, 7) is 4.05. The van der Waals surface area contributed by atoms with Crippen LogP contribution < -0.4 is 5.32 Å². The number of hydrogen-bond donors (Lipinski definition) is 5. The van der Waals surface area contributed by atoms with Crippen LogP contribution in [0.1, 0.15) is 264 Å². The monoisotopic (exact) mass is 884 g/mol. The van der Waals surface area contributed by atoms with Gasteiger partial charge < -0.3 is 25.7 Å². The summed E-state index contributed by atoms with van der Waals surface area (Å²) in [4.78, 5) is 12.6. The minimum atomic E-state index is -1.30. The molecule has 368 valence electrons. The molecule has 6 nitrogen and oxygen atoms in total. The molecule has 0 aromatic carbocycles. The van der Waals surface area contributed by atoms with Crippen molar-refractivity contribution in [1.29, 1.82) is 0 Å². The second-order valence-electron chi connectivity index (χ2n) is 18.5. The zero-order valence-corrected chi connectivity index (χ0v) is 41.6. The molecule has 0 aromatic heterocycles. The van der Waals surface area contributed by atoms with E-state index in [2.05, 4.69) is 79.9 Å². The molecular formula is C57H105NO5. The Balaban J connectivity index is 3.76. The highest BCUT2D eigenvalue weighted by Crippen LogP contribution is 2.15. The highest BCUT2D eigenvalue weighted by molar-refractivity contribution is 5.80. The van der Waals surface area contributed by atoms with E-state index in [0.717, 1.165) is 64.2 Å².